The Hall–Kier alpha value is -2.77. The SMILES string of the molecule is O=C(Cn1ccc(C(=O)O)n1)NC1CC(c2ccc(F)cc2F)C1. The number of carboxylic acid groups (broad SMARTS) is 1. The molecule has 1 aromatic heterocycles. The van der Waals surface area contributed by atoms with E-state index in [1.165, 1.54) is 29.1 Å². The summed E-state index contributed by atoms with van der Waals surface area (Å²) in [4.78, 5) is 22.6. The van der Waals surface area contributed by atoms with Gasteiger partial charge in [0.2, 0.25) is 5.91 Å². The monoisotopic (exact) mass is 335 g/mol. The van der Waals surface area contributed by atoms with Gasteiger partial charge in [-0.2, -0.15) is 5.10 Å². The van der Waals surface area contributed by atoms with Gasteiger partial charge in [-0.05, 0) is 36.5 Å². The minimum Gasteiger partial charge on any atom is -0.476 e. The van der Waals surface area contributed by atoms with Gasteiger partial charge in [0, 0.05) is 18.3 Å². The third-order valence-electron chi connectivity index (χ3n) is 4.07. The van der Waals surface area contributed by atoms with Crippen LogP contribution in [0.25, 0.3) is 0 Å². The fraction of sp³-hybridized carbons (Fsp3) is 0.312. The van der Waals surface area contributed by atoms with Crippen LogP contribution in [0.1, 0.15) is 34.8 Å². The Labute approximate surface area is 136 Å². The number of hydrogen-bond donors (Lipinski definition) is 2. The maximum Gasteiger partial charge on any atom is 0.356 e. The van der Waals surface area contributed by atoms with Crippen LogP contribution in [0.2, 0.25) is 0 Å². The number of amides is 1. The summed E-state index contributed by atoms with van der Waals surface area (Å²) in [5.74, 6) is -2.67. The van der Waals surface area contributed by atoms with Gasteiger partial charge >= 0.3 is 5.97 Å². The van der Waals surface area contributed by atoms with Gasteiger partial charge in [0.1, 0.15) is 18.2 Å². The largest absolute Gasteiger partial charge is 0.476 e. The number of aromatic nitrogens is 2. The van der Waals surface area contributed by atoms with Gasteiger partial charge < -0.3 is 10.4 Å². The summed E-state index contributed by atoms with van der Waals surface area (Å²) in [6.45, 7) is -0.0840. The van der Waals surface area contributed by atoms with E-state index in [1.54, 1.807) is 0 Å². The summed E-state index contributed by atoms with van der Waals surface area (Å²) >= 11 is 0. The van der Waals surface area contributed by atoms with Gasteiger partial charge in [-0.1, -0.05) is 6.07 Å². The molecule has 1 aliphatic carbocycles. The van der Waals surface area contributed by atoms with E-state index in [9.17, 15) is 18.4 Å². The van der Waals surface area contributed by atoms with Crippen LogP contribution in [0.4, 0.5) is 8.78 Å². The van der Waals surface area contributed by atoms with Crippen molar-refractivity contribution in [2.45, 2.75) is 31.3 Å². The Morgan fingerprint density at radius 3 is 2.67 bits per heavy atom. The number of halogens is 2. The third kappa shape index (κ3) is 3.42. The minimum atomic E-state index is -1.16. The number of carboxylic acids is 1. The average molecular weight is 335 g/mol. The number of nitrogens with one attached hydrogen (secondary N) is 1. The van der Waals surface area contributed by atoms with Crippen LogP contribution in [-0.2, 0) is 11.3 Å². The molecule has 1 aromatic carbocycles. The summed E-state index contributed by atoms with van der Waals surface area (Å²) in [6.07, 6.45) is 2.57. The normalized spacial score (nSPS) is 19.6. The number of benzene rings is 1. The molecule has 8 heteroatoms. The second kappa shape index (κ2) is 6.38. The Kier molecular flexibility index (Phi) is 4.28. The van der Waals surface area contributed by atoms with E-state index in [1.807, 2.05) is 0 Å². The van der Waals surface area contributed by atoms with E-state index >= 15 is 0 Å². The predicted molar refractivity (Wildman–Crippen MR) is 79.5 cm³/mol. The number of carbonyl (C=O) groups excluding carboxylic acids is 1. The molecule has 0 spiro atoms. The summed E-state index contributed by atoms with van der Waals surface area (Å²) in [6, 6.07) is 4.75. The Morgan fingerprint density at radius 2 is 2.04 bits per heavy atom. The lowest BCUT2D eigenvalue weighted by Gasteiger charge is -2.36. The van der Waals surface area contributed by atoms with Gasteiger partial charge in [0.25, 0.3) is 0 Å². The molecular formula is C16H15F2N3O3. The fourth-order valence-electron chi connectivity index (χ4n) is 2.81. The number of aromatic carboxylic acids is 1. The zero-order valence-corrected chi connectivity index (χ0v) is 12.6. The van der Waals surface area contributed by atoms with Crippen molar-refractivity contribution in [3.05, 3.63) is 53.4 Å². The molecule has 24 heavy (non-hydrogen) atoms. The van der Waals surface area contributed by atoms with Crippen molar-refractivity contribution in [2.75, 3.05) is 0 Å². The molecule has 1 heterocycles. The number of nitrogens with zero attached hydrogens (tertiary/aromatic N) is 2. The second-order valence-corrected chi connectivity index (χ2v) is 5.80. The molecular weight excluding hydrogens is 320 g/mol. The van der Waals surface area contributed by atoms with E-state index in [4.69, 9.17) is 5.11 Å². The number of carbonyl (C=O) groups is 2. The molecule has 0 aliphatic heterocycles. The van der Waals surface area contributed by atoms with Crippen molar-refractivity contribution in [1.82, 2.24) is 15.1 Å². The smallest absolute Gasteiger partial charge is 0.356 e. The highest BCUT2D eigenvalue weighted by atomic mass is 19.1. The zero-order valence-electron chi connectivity index (χ0n) is 12.6. The molecule has 2 aromatic rings. The average Bonchev–Trinajstić information content (AvgIpc) is 2.92. The first kappa shape index (κ1) is 16.1. The van der Waals surface area contributed by atoms with Crippen molar-refractivity contribution in [3.63, 3.8) is 0 Å². The van der Waals surface area contributed by atoms with E-state index in [-0.39, 0.29) is 30.1 Å². The van der Waals surface area contributed by atoms with Gasteiger partial charge in [0.05, 0.1) is 0 Å². The maximum absolute atomic E-state index is 13.7. The molecule has 0 atom stereocenters. The molecule has 2 N–H and O–H groups in total. The number of hydrogen-bond acceptors (Lipinski definition) is 3. The first-order valence-corrected chi connectivity index (χ1v) is 7.43. The third-order valence-corrected chi connectivity index (χ3v) is 4.07. The highest BCUT2D eigenvalue weighted by Crippen LogP contribution is 2.38. The van der Waals surface area contributed by atoms with E-state index in [2.05, 4.69) is 10.4 Å². The summed E-state index contributed by atoms with van der Waals surface area (Å²) in [5.41, 5.74) is 0.332. The van der Waals surface area contributed by atoms with Gasteiger partial charge in [-0.25, -0.2) is 13.6 Å². The minimum absolute atomic E-state index is 0.0424. The van der Waals surface area contributed by atoms with Gasteiger partial charge in [-0.3, -0.25) is 9.48 Å². The predicted octanol–water partition coefficient (Wildman–Crippen LogP) is 1.92. The Morgan fingerprint density at radius 1 is 1.29 bits per heavy atom. The van der Waals surface area contributed by atoms with Crippen molar-refractivity contribution >= 4 is 11.9 Å². The lowest BCUT2D eigenvalue weighted by atomic mass is 9.75. The van der Waals surface area contributed by atoms with Crippen LogP contribution in [0, 0.1) is 11.6 Å². The molecule has 0 bridgehead atoms. The van der Waals surface area contributed by atoms with Crippen LogP contribution >= 0.6 is 0 Å². The quantitative estimate of drug-likeness (QED) is 0.874. The van der Waals surface area contributed by atoms with Crippen LogP contribution in [-0.4, -0.2) is 32.8 Å². The van der Waals surface area contributed by atoms with E-state index in [0.29, 0.717) is 18.4 Å². The lowest BCUT2D eigenvalue weighted by Crippen LogP contribution is -2.44. The first-order valence-electron chi connectivity index (χ1n) is 7.43. The van der Waals surface area contributed by atoms with E-state index < -0.39 is 17.6 Å². The second-order valence-electron chi connectivity index (χ2n) is 5.80. The van der Waals surface area contributed by atoms with Gasteiger partial charge in [0.15, 0.2) is 5.69 Å². The van der Waals surface area contributed by atoms with Crippen molar-refractivity contribution in [3.8, 4) is 0 Å². The van der Waals surface area contributed by atoms with Crippen molar-refractivity contribution < 1.29 is 23.5 Å². The van der Waals surface area contributed by atoms with E-state index in [0.717, 1.165) is 6.07 Å². The molecule has 1 amide bonds. The zero-order chi connectivity index (χ0) is 17.3. The highest BCUT2D eigenvalue weighted by molar-refractivity contribution is 5.85. The van der Waals surface area contributed by atoms with Crippen molar-refractivity contribution in [2.24, 2.45) is 0 Å². The number of rotatable bonds is 5. The van der Waals surface area contributed by atoms with Crippen LogP contribution in [0.5, 0.6) is 0 Å². The molecule has 3 rings (SSSR count). The summed E-state index contributed by atoms with van der Waals surface area (Å²) in [5, 5.41) is 15.3. The fourth-order valence-corrected chi connectivity index (χ4v) is 2.81. The molecule has 0 saturated heterocycles. The molecule has 0 unspecified atom stereocenters. The molecule has 1 fully saturated rings. The highest BCUT2D eigenvalue weighted by Gasteiger charge is 2.33. The standard InChI is InChI=1S/C16H15F2N3O3/c17-10-1-2-12(13(18)7-10)9-5-11(6-9)19-15(22)8-21-4-3-14(20-21)16(23)24/h1-4,7,9,11H,5-6,8H2,(H,19,22)(H,23,24). The lowest BCUT2D eigenvalue weighted by molar-refractivity contribution is -0.123. The summed E-state index contributed by atoms with van der Waals surface area (Å²) < 4.78 is 27.8. The summed E-state index contributed by atoms with van der Waals surface area (Å²) in [7, 11) is 0. The molecule has 1 aliphatic rings. The maximum atomic E-state index is 13.7. The molecule has 6 nitrogen and oxygen atoms in total. The van der Waals surface area contributed by atoms with Crippen LogP contribution < -0.4 is 5.32 Å². The Bertz CT molecular complexity index is 785. The topological polar surface area (TPSA) is 84.2 Å². The Balaban J connectivity index is 1.49. The van der Waals surface area contributed by atoms with Crippen LogP contribution in [0.15, 0.2) is 30.5 Å². The molecule has 1 saturated carbocycles. The van der Waals surface area contributed by atoms with Crippen molar-refractivity contribution in [1.29, 1.82) is 0 Å². The molecule has 0 radical (unpaired) electrons. The van der Waals surface area contributed by atoms with Gasteiger partial charge in [-0.15, -0.1) is 0 Å². The van der Waals surface area contributed by atoms with Crippen LogP contribution in [0.3, 0.4) is 0 Å². The molecule has 126 valence electrons. The first-order chi connectivity index (χ1) is 11.4.